The molecule has 0 aromatic heterocycles. The Morgan fingerprint density at radius 1 is 1.16 bits per heavy atom. The number of sulfone groups is 1. The number of nitrogens with one attached hydrogen (secondary N) is 1. The lowest BCUT2D eigenvalue weighted by atomic mass is 10.1. The summed E-state index contributed by atoms with van der Waals surface area (Å²) in [5.41, 5.74) is 4.22. The Kier molecular flexibility index (Phi) is 5.96. The van der Waals surface area contributed by atoms with Crippen LogP contribution in [0.4, 0.5) is 11.4 Å². The molecule has 1 fully saturated rings. The number of anilines is 2. The molecule has 4 rings (SSSR count). The summed E-state index contributed by atoms with van der Waals surface area (Å²) in [6.07, 6.45) is 2.37. The zero-order chi connectivity index (χ0) is 22.3. The number of nitrogens with zero attached hydrogens (tertiary/aromatic N) is 1. The van der Waals surface area contributed by atoms with Crippen molar-refractivity contribution in [3.05, 3.63) is 51.5 Å². The van der Waals surface area contributed by atoms with Gasteiger partial charge < -0.3 is 10.2 Å². The molecule has 0 unspecified atom stereocenters. The molecule has 8 heteroatoms. The molecule has 1 heterocycles. The van der Waals surface area contributed by atoms with Gasteiger partial charge in [0, 0.05) is 34.7 Å². The van der Waals surface area contributed by atoms with Crippen LogP contribution in [0.15, 0.2) is 39.7 Å². The Morgan fingerprint density at radius 2 is 1.84 bits per heavy atom. The van der Waals surface area contributed by atoms with E-state index in [1.54, 1.807) is 17.0 Å². The van der Waals surface area contributed by atoms with Gasteiger partial charge in [0.2, 0.25) is 11.8 Å². The van der Waals surface area contributed by atoms with Crippen molar-refractivity contribution in [3.8, 4) is 0 Å². The second-order valence-electron chi connectivity index (χ2n) is 8.31. The zero-order valence-electron chi connectivity index (χ0n) is 17.6. The van der Waals surface area contributed by atoms with Gasteiger partial charge in [-0.05, 0) is 77.9 Å². The van der Waals surface area contributed by atoms with Gasteiger partial charge in [-0.1, -0.05) is 18.2 Å². The minimum absolute atomic E-state index is 0.0725. The van der Waals surface area contributed by atoms with E-state index in [2.05, 4.69) is 21.2 Å². The quantitative estimate of drug-likeness (QED) is 0.639. The fourth-order valence-corrected chi connectivity index (χ4v) is 6.41. The number of carbonyl (C=O) groups is 2. The molecule has 0 atom stereocenters. The van der Waals surface area contributed by atoms with Gasteiger partial charge in [-0.3, -0.25) is 9.59 Å². The monoisotopic (exact) mass is 504 g/mol. The maximum Gasteiger partial charge on any atom is 0.230 e. The van der Waals surface area contributed by atoms with Crippen LogP contribution in [0.3, 0.4) is 0 Å². The van der Waals surface area contributed by atoms with Crippen LogP contribution >= 0.6 is 15.9 Å². The molecular formula is C23H25BrN2O4S. The van der Waals surface area contributed by atoms with Crippen molar-refractivity contribution < 1.29 is 18.0 Å². The summed E-state index contributed by atoms with van der Waals surface area (Å²) in [7, 11) is -3.72. The molecular weight excluding hydrogens is 480 g/mol. The van der Waals surface area contributed by atoms with E-state index in [9.17, 15) is 18.0 Å². The van der Waals surface area contributed by atoms with Crippen LogP contribution in [0.25, 0.3) is 0 Å². The van der Waals surface area contributed by atoms with Gasteiger partial charge in [0.25, 0.3) is 0 Å². The molecule has 1 aliphatic heterocycles. The molecule has 2 aromatic rings. The summed E-state index contributed by atoms with van der Waals surface area (Å²) in [6.45, 7) is 4.38. The lowest BCUT2D eigenvalue weighted by molar-refractivity contribution is -0.119. The largest absolute Gasteiger partial charge is 0.326 e. The van der Waals surface area contributed by atoms with Crippen LogP contribution in [0.1, 0.15) is 36.0 Å². The van der Waals surface area contributed by atoms with Crippen molar-refractivity contribution in [2.24, 2.45) is 5.92 Å². The van der Waals surface area contributed by atoms with Gasteiger partial charge in [-0.15, -0.1) is 0 Å². The number of aryl methyl sites for hydroxylation is 2. The minimum atomic E-state index is -3.72. The average molecular weight is 505 g/mol. The molecule has 164 valence electrons. The molecule has 2 aliphatic rings. The van der Waals surface area contributed by atoms with Crippen molar-refractivity contribution in [2.45, 2.75) is 44.4 Å². The molecule has 0 bridgehead atoms. The highest BCUT2D eigenvalue weighted by Gasteiger charge is 2.37. The van der Waals surface area contributed by atoms with Crippen LogP contribution in [0.2, 0.25) is 0 Å². The number of hydrogen-bond donors (Lipinski definition) is 1. The molecule has 2 aromatic carbocycles. The van der Waals surface area contributed by atoms with Crippen molar-refractivity contribution in [3.63, 3.8) is 0 Å². The van der Waals surface area contributed by atoms with E-state index in [1.165, 1.54) is 0 Å². The molecule has 6 nitrogen and oxygen atoms in total. The maximum absolute atomic E-state index is 13.1. The number of fused-ring (bicyclic) bond motifs is 1. The number of rotatable bonds is 6. The van der Waals surface area contributed by atoms with E-state index < -0.39 is 9.84 Å². The normalized spacial score (nSPS) is 15.6. The summed E-state index contributed by atoms with van der Waals surface area (Å²) in [5.74, 6) is -0.498. The van der Waals surface area contributed by atoms with E-state index in [0.29, 0.717) is 23.1 Å². The Morgan fingerprint density at radius 3 is 2.48 bits per heavy atom. The van der Waals surface area contributed by atoms with Gasteiger partial charge in [-0.25, -0.2) is 8.42 Å². The smallest absolute Gasteiger partial charge is 0.230 e. The SMILES string of the molecule is Cc1cccc(C)c1NC(=O)CCS(=O)(=O)c1cc2c(cc1Br)CCN2C(=O)C1CC1. The number of carbonyl (C=O) groups excluding carboxylic acids is 2. The Labute approximate surface area is 191 Å². The zero-order valence-corrected chi connectivity index (χ0v) is 20.0. The summed E-state index contributed by atoms with van der Waals surface area (Å²) in [4.78, 5) is 26.9. The summed E-state index contributed by atoms with van der Waals surface area (Å²) in [6, 6.07) is 9.09. The second-order valence-corrected chi connectivity index (χ2v) is 11.2. The summed E-state index contributed by atoms with van der Waals surface area (Å²) < 4.78 is 26.6. The Bertz CT molecular complexity index is 1150. The lowest BCUT2D eigenvalue weighted by Gasteiger charge is -2.18. The predicted molar refractivity (Wildman–Crippen MR) is 124 cm³/mol. The fourth-order valence-electron chi connectivity index (χ4n) is 3.96. The Hall–Kier alpha value is -2.19. The number of benzene rings is 2. The van der Waals surface area contributed by atoms with E-state index in [0.717, 1.165) is 35.2 Å². The van der Waals surface area contributed by atoms with E-state index in [4.69, 9.17) is 0 Å². The van der Waals surface area contributed by atoms with Crippen molar-refractivity contribution in [1.29, 1.82) is 0 Å². The van der Waals surface area contributed by atoms with Crippen LogP contribution in [0.5, 0.6) is 0 Å². The topological polar surface area (TPSA) is 83.6 Å². The molecule has 0 radical (unpaired) electrons. The van der Waals surface area contributed by atoms with Crippen molar-refractivity contribution in [2.75, 3.05) is 22.5 Å². The third-order valence-corrected chi connectivity index (χ3v) is 8.57. The number of para-hydroxylation sites is 1. The second kappa shape index (κ2) is 8.39. The minimum Gasteiger partial charge on any atom is -0.326 e. The first kappa shape index (κ1) is 22.0. The van der Waals surface area contributed by atoms with Crippen LogP contribution in [-0.4, -0.2) is 32.5 Å². The molecule has 0 spiro atoms. The fraction of sp³-hybridized carbons (Fsp3) is 0.391. The first-order valence-corrected chi connectivity index (χ1v) is 12.8. The highest BCUT2D eigenvalue weighted by molar-refractivity contribution is 9.10. The summed E-state index contributed by atoms with van der Waals surface area (Å²) in [5, 5.41) is 2.83. The first-order valence-electron chi connectivity index (χ1n) is 10.4. The molecule has 0 saturated heterocycles. The highest BCUT2D eigenvalue weighted by Crippen LogP contribution is 2.39. The van der Waals surface area contributed by atoms with Crippen LogP contribution in [0, 0.1) is 19.8 Å². The molecule has 1 N–H and O–H groups in total. The highest BCUT2D eigenvalue weighted by atomic mass is 79.9. The van der Waals surface area contributed by atoms with Crippen LogP contribution in [-0.2, 0) is 25.8 Å². The van der Waals surface area contributed by atoms with Gasteiger partial charge in [0.15, 0.2) is 9.84 Å². The van der Waals surface area contributed by atoms with E-state index in [1.807, 2.05) is 32.0 Å². The van der Waals surface area contributed by atoms with Crippen molar-refractivity contribution in [1.82, 2.24) is 0 Å². The van der Waals surface area contributed by atoms with Gasteiger partial charge >= 0.3 is 0 Å². The maximum atomic E-state index is 13.1. The number of hydrogen-bond acceptors (Lipinski definition) is 4. The van der Waals surface area contributed by atoms with Gasteiger partial charge in [0.1, 0.15) is 0 Å². The third kappa shape index (κ3) is 4.55. The van der Waals surface area contributed by atoms with Gasteiger partial charge in [0.05, 0.1) is 10.6 Å². The standard InChI is InChI=1S/C23H25BrN2O4S/c1-14-4-3-5-15(2)22(14)25-21(27)9-11-31(29,30)20-13-19-17(12-18(20)24)8-10-26(19)23(28)16-6-7-16/h3-5,12-13,16H,6-11H2,1-2H3,(H,25,27). The van der Waals surface area contributed by atoms with Gasteiger partial charge in [-0.2, -0.15) is 0 Å². The van der Waals surface area contributed by atoms with E-state index in [-0.39, 0.29) is 34.8 Å². The summed E-state index contributed by atoms with van der Waals surface area (Å²) >= 11 is 3.38. The third-order valence-electron chi connectivity index (χ3n) is 5.90. The van der Waals surface area contributed by atoms with Crippen LogP contribution < -0.4 is 10.2 Å². The molecule has 1 saturated carbocycles. The Balaban J connectivity index is 1.50. The number of halogens is 1. The molecule has 31 heavy (non-hydrogen) atoms. The predicted octanol–water partition coefficient (Wildman–Crippen LogP) is 4.17. The first-order chi connectivity index (χ1) is 14.7. The van der Waals surface area contributed by atoms with Crippen molar-refractivity contribution >= 4 is 49.0 Å². The van der Waals surface area contributed by atoms with E-state index >= 15 is 0 Å². The molecule has 2 amide bonds. The molecule has 1 aliphatic carbocycles. The lowest BCUT2D eigenvalue weighted by Crippen LogP contribution is -2.30. The number of amides is 2. The average Bonchev–Trinajstić information content (AvgIpc) is 3.48.